The van der Waals surface area contributed by atoms with Crippen LogP contribution in [0.25, 0.3) is 0 Å². The molecule has 2 unspecified atom stereocenters. The van der Waals surface area contributed by atoms with Crippen molar-refractivity contribution in [3.8, 4) is 0 Å². The molecule has 3 rings (SSSR count). The quantitative estimate of drug-likeness (QED) is 0.665. The Morgan fingerprint density at radius 2 is 2.24 bits per heavy atom. The van der Waals surface area contributed by atoms with Gasteiger partial charge in [0, 0.05) is 25.2 Å². The zero-order valence-electron chi connectivity index (χ0n) is 12.7. The highest BCUT2D eigenvalue weighted by atomic mass is 16.6. The van der Waals surface area contributed by atoms with Gasteiger partial charge < -0.3 is 5.32 Å². The molecule has 0 radical (unpaired) electrons. The highest BCUT2D eigenvalue weighted by Gasteiger charge is 2.39. The number of hydrogen-bond donors (Lipinski definition) is 1. The van der Waals surface area contributed by atoms with E-state index in [4.69, 9.17) is 0 Å². The summed E-state index contributed by atoms with van der Waals surface area (Å²) >= 11 is 0. The van der Waals surface area contributed by atoms with Gasteiger partial charge in [0.1, 0.15) is 5.69 Å². The molecule has 0 bridgehead atoms. The summed E-state index contributed by atoms with van der Waals surface area (Å²) in [5.74, 6) is 0.595. The highest BCUT2D eigenvalue weighted by Crippen LogP contribution is 2.34. The molecule has 1 N–H and O–H groups in total. The molecule has 3 heterocycles. The lowest BCUT2D eigenvalue weighted by Crippen LogP contribution is -2.34. The van der Waals surface area contributed by atoms with Crippen molar-refractivity contribution < 1.29 is 4.92 Å². The Labute approximate surface area is 124 Å². The molecule has 0 amide bonds. The smallest absolute Gasteiger partial charge is 0.333 e. The van der Waals surface area contributed by atoms with Crippen LogP contribution in [0.3, 0.4) is 0 Å². The number of nitrogens with zero attached hydrogens (tertiary/aromatic N) is 4. The topological polar surface area (TPSA) is 76.2 Å². The van der Waals surface area contributed by atoms with Crippen molar-refractivity contribution in [2.45, 2.75) is 58.2 Å². The van der Waals surface area contributed by atoms with E-state index in [1.165, 1.54) is 12.8 Å². The van der Waals surface area contributed by atoms with Crippen LogP contribution in [0.15, 0.2) is 0 Å². The first-order valence-electron chi connectivity index (χ1n) is 7.84. The number of fused-ring (bicyclic) bond motifs is 1. The predicted molar refractivity (Wildman–Crippen MR) is 80.5 cm³/mol. The van der Waals surface area contributed by atoms with Crippen molar-refractivity contribution in [1.82, 2.24) is 14.7 Å². The fourth-order valence-electron chi connectivity index (χ4n) is 3.73. The normalized spacial score (nSPS) is 25.2. The van der Waals surface area contributed by atoms with Gasteiger partial charge in [0.2, 0.25) is 5.82 Å². The van der Waals surface area contributed by atoms with Crippen LogP contribution in [0.1, 0.15) is 38.3 Å². The number of nitrogens with one attached hydrogen (secondary N) is 1. The molecule has 0 saturated carbocycles. The van der Waals surface area contributed by atoms with E-state index in [9.17, 15) is 10.1 Å². The molecule has 0 spiro atoms. The third kappa shape index (κ3) is 2.50. The minimum Gasteiger partial charge on any atom is -0.360 e. The maximum atomic E-state index is 11.4. The second-order valence-electron chi connectivity index (χ2n) is 6.05. The van der Waals surface area contributed by atoms with E-state index in [0.29, 0.717) is 30.1 Å². The third-order valence-electron chi connectivity index (χ3n) is 4.64. The summed E-state index contributed by atoms with van der Waals surface area (Å²) in [5, 5.41) is 19.2. The number of nitro groups is 1. The average Bonchev–Trinajstić information content (AvgIpc) is 3.07. The SMILES string of the molecule is CCCn1nc(C)c([N+](=O)[O-])c1NC1CCN2CCCC12. The van der Waals surface area contributed by atoms with Crippen LogP contribution in [-0.4, -0.2) is 44.8 Å². The Bertz CT molecular complexity index is 542. The molecule has 1 aromatic heterocycles. The highest BCUT2D eigenvalue weighted by molar-refractivity contribution is 5.60. The second kappa shape index (κ2) is 5.63. The van der Waals surface area contributed by atoms with Gasteiger partial charge in [-0.1, -0.05) is 6.92 Å². The first-order valence-corrected chi connectivity index (χ1v) is 7.84. The third-order valence-corrected chi connectivity index (χ3v) is 4.64. The molecule has 7 nitrogen and oxygen atoms in total. The van der Waals surface area contributed by atoms with E-state index < -0.39 is 0 Å². The van der Waals surface area contributed by atoms with Crippen LogP contribution in [0.4, 0.5) is 11.5 Å². The van der Waals surface area contributed by atoms with E-state index in [-0.39, 0.29) is 10.6 Å². The zero-order chi connectivity index (χ0) is 15.0. The maximum Gasteiger partial charge on any atom is 0.333 e. The van der Waals surface area contributed by atoms with Gasteiger partial charge in [0.05, 0.1) is 4.92 Å². The van der Waals surface area contributed by atoms with Crippen molar-refractivity contribution in [2.24, 2.45) is 0 Å². The Balaban J connectivity index is 1.88. The molecule has 0 aliphatic carbocycles. The fraction of sp³-hybridized carbons (Fsp3) is 0.786. The van der Waals surface area contributed by atoms with E-state index >= 15 is 0 Å². The Morgan fingerprint density at radius 3 is 2.95 bits per heavy atom. The van der Waals surface area contributed by atoms with Gasteiger partial charge >= 0.3 is 5.69 Å². The van der Waals surface area contributed by atoms with E-state index in [2.05, 4.69) is 22.2 Å². The first kappa shape index (κ1) is 14.3. The Kier molecular flexibility index (Phi) is 3.84. The van der Waals surface area contributed by atoms with E-state index in [1.807, 2.05) is 0 Å². The molecular weight excluding hydrogens is 270 g/mol. The predicted octanol–water partition coefficient (Wildman–Crippen LogP) is 2.16. The number of anilines is 1. The minimum absolute atomic E-state index is 0.139. The van der Waals surface area contributed by atoms with Crippen molar-refractivity contribution in [3.05, 3.63) is 15.8 Å². The number of hydrogen-bond acceptors (Lipinski definition) is 5. The van der Waals surface area contributed by atoms with E-state index in [1.54, 1.807) is 11.6 Å². The number of rotatable bonds is 5. The molecule has 2 aliphatic rings. The van der Waals surface area contributed by atoms with Gasteiger partial charge in [-0.25, -0.2) is 4.68 Å². The minimum atomic E-state index is -0.307. The second-order valence-corrected chi connectivity index (χ2v) is 6.05. The molecule has 0 aromatic carbocycles. The lowest BCUT2D eigenvalue weighted by Gasteiger charge is -2.22. The average molecular weight is 293 g/mol. The largest absolute Gasteiger partial charge is 0.360 e. The summed E-state index contributed by atoms with van der Waals surface area (Å²) in [5.41, 5.74) is 0.636. The zero-order valence-corrected chi connectivity index (χ0v) is 12.7. The van der Waals surface area contributed by atoms with Gasteiger partial charge in [0.25, 0.3) is 0 Å². The summed E-state index contributed by atoms with van der Waals surface area (Å²) < 4.78 is 1.77. The van der Waals surface area contributed by atoms with Crippen molar-refractivity contribution >= 4 is 11.5 Å². The summed E-state index contributed by atoms with van der Waals surface area (Å²) in [6.07, 6.45) is 4.38. The van der Waals surface area contributed by atoms with Gasteiger partial charge in [0.15, 0.2) is 0 Å². The molecule has 2 aliphatic heterocycles. The summed E-state index contributed by atoms with van der Waals surface area (Å²) in [4.78, 5) is 13.6. The van der Waals surface area contributed by atoms with Crippen molar-refractivity contribution in [1.29, 1.82) is 0 Å². The fourth-order valence-corrected chi connectivity index (χ4v) is 3.73. The van der Waals surface area contributed by atoms with Crippen LogP contribution < -0.4 is 5.32 Å². The summed E-state index contributed by atoms with van der Waals surface area (Å²) in [6, 6.07) is 0.827. The lowest BCUT2D eigenvalue weighted by atomic mass is 10.1. The van der Waals surface area contributed by atoms with Crippen LogP contribution in [-0.2, 0) is 6.54 Å². The maximum absolute atomic E-state index is 11.4. The summed E-state index contributed by atoms with van der Waals surface area (Å²) in [6.45, 7) is 6.74. The van der Waals surface area contributed by atoms with E-state index in [0.717, 1.165) is 25.9 Å². The van der Waals surface area contributed by atoms with Gasteiger partial charge in [-0.3, -0.25) is 15.0 Å². The van der Waals surface area contributed by atoms with Crippen LogP contribution in [0, 0.1) is 17.0 Å². The molecule has 21 heavy (non-hydrogen) atoms. The number of aryl methyl sites for hydroxylation is 2. The summed E-state index contributed by atoms with van der Waals surface area (Å²) in [7, 11) is 0. The van der Waals surface area contributed by atoms with Crippen molar-refractivity contribution in [3.63, 3.8) is 0 Å². The Morgan fingerprint density at radius 1 is 1.43 bits per heavy atom. The Hall–Kier alpha value is -1.63. The molecule has 116 valence electrons. The number of aromatic nitrogens is 2. The van der Waals surface area contributed by atoms with Crippen LogP contribution >= 0.6 is 0 Å². The van der Waals surface area contributed by atoms with Crippen LogP contribution in [0.2, 0.25) is 0 Å². The van der Waals surface area contributed by atoms with Crippen LogP contribution in [0.5, 0.6) is 0 Å². The van der Waals surface area contributed by atoms with Crippen molar-refractivity contribution in [2.75, 3.05) is 18.4 Å². The molecule has 7 heteroatoms. The van der Waals surface area contributed by atoms with Gasteiger partial charge in [-0.05, 0) is 39.2 Å². The molecule has 1 aromatic rings. The lowest BCUT2D eigenvalue weighted by molar-refractivity contribution is -0.384. The molecule has 2 saturated heterocycles. The monoisotopic (exact) mass is 293 g/mol. The first-order chi connectivity index (χ1) is 10.1. The molecular formula is C14H23N5O2. The van der Waals surface area contributed by atoms with Gasteiger partial charge in [-0.15, -0.1) is 0 Å². The molecule has 2 atom stereocenters. The standard InChI is InChI=1S/C14H23N5O2/c1-3-7-18-14(13(19(20)21)10(2)16-18)15-11-6-9-17-8-4-5-12(11)17/h11-12,15H,3-9H2,1-2H3. The molecule has 2 fully saturated rings. The van der Waals surface area contributed by atoms with Gasteiger partial charge in [-0.2, -0.15) is 5.10 Å².